The molecule has 0 spiro atoms. The number of amides is 1. The number of aryl methyl sites for hydroxylation is 1. The van der Waals surface area contributed by atoms with Gasteiger partial charge in [0.2, 0.25) is 0 Å². The number of methoxy groups -OCH3 is 2. The number of nitrogens with zero attached hydrogens (tertiary/aromatic N) is 1. The Morgan fingerprint density at radius 2 is 1.88 bits per heavy atom. The number of fused-ring (bicyclic) bond motifs is 1. The number of benzene rings is 2. The molecule has 0 aliphatic carbocycles. The highest BCUT2D eigenvalue weighted by molar-refractivity contribution is 6.04. The Balaban J connectivity index is 1.79. The van der Waals surface area contributed by atoms with Crippen molar-refractivity contribution in [2.75, 3.05) is 25.7 Å². The van der Waals surface area contributed by atoms with Gasteiger partial charge in [0, 0.05) is 18.3 Å². The zero-order valence-corrected chi connectivity index (χ0v) is 14.0. The normalized spacial score (nSPS) is 13.7. The lowest BCUT2D eigenvalue weighted by Gasteiger charge is -2.28. The van der Waals surface area contributed by atoms with Gasteiger partial charge in [-0.3, -0.25) is 4.79 Å². The molecule has 1 aliphatic heterocycles. The average molecular weight is 323 g/mol. The first-order chi connectivity index (χ1) is 11.7. The minimum absolute atomic E-state index is 0.00284. The van der Waals surface area contributed by atoms with Gasteiger partial charge in [0.15, 0.2) is 11.5 Å². The second-order valence-electron chi connectivity index (χ2n) is 5.67. The van der Waals surface area contributed by atoms with Gasteiger partial charge in [0.25, 0.3) is 5.91 Å². The summed E-state index contributed by atoms with van der Waals surface area (Å²) >= 11 is 0. The molecular formula is C20H21NO3. The first-order valence-corrected chi connectivity index (χ1v) is 8.02. The number of hydrogen-bond donors (Lipinski definition) is 0. The molecule has 4 nitrogen and oxygen atoms in total. The van der Waals surface area contributed by atoms with E-state index in [0.29, 0.717) is 11.5 Å². The van der Waals surface area contributed by atoms with Crippen molar-refractivity contribution in [1.82, 2.24) is 0 Å². The van der Waals surface area contributed by atoms with Crippen molar-refractivity contribution in [1.29, 1.82) is 0 Å². The Morgan fingerprint density at radius 3 is 2.67 bits per heavy atom. The summed E-state index contributed by atoms with van der Waals surface area (Å²) in [6.07, 6.45) is 5.44. The molecule has 0 bridgehead atoms. The Kier molecular flexibility index (Phi) is 4.85. The molecule has 0 unspecified atom stereocenters. The largest absolute Gasteiger partial charge is 0.493 e. The van der Waals surface area contributed by atoms with E-state index in [0.717, 1.165) is 30.6 Å². The van der Waals surface area contributed by atoms with Crippen molar-refractivity contribution >= 4 is 17.7 Å². The molecule has 1 aliphatic rings. The molecule has 2 aromatic rings. The van der Waals surface area contributed by atoms with Gasteiger partial charge in [-0.05, 0) is 48.2 Å². The zero-order chi connectivity index (χ0) is 16.9. The lowest BCUT2D eigenvalue weighted by molar-refractivity contribution is -0.114. The first kappa shape index (κ1) is 16.1. The van der Waals surface area contributed by atoms with E-state index in [1.165, 1.54) is 5.56 Å². The van der Waals surface area contributed by atoms with Gasteiger partial charge in [-0.1, -0.05) is 24.3 Å². The molecule has 3 rings (SSSR count). The highest BCUT2D eigenvalue weighted by Gasteiger charge is 2.20. The van der Waals surface area contributed by atoms with Crippen molar-refractivity contribution in [3.05, 3.63) is 59.7 Å². The third-order valence-corrected chi connectivity index (χ3v) is 4.20. The maximum atomic E-state index is 12.6. The van der Waals surface area contributed by atoms with Gasteiger partial charge in [-0.2, -0.15) is 0 Å². The second kappa shape index (κ2) is 7.21. The van der Waals surface area contributed by atoms with Crippen LogP contribution in [-0.4, -0.2) is 26.7 Å². The summed E-state index contributed by atoms with van der Waals surface area (Å²) in [4.78, 5) is 14.4. The van der Waals surface area contributed by atoms with E-state index in [9.17, 15) is 4.79 Å². The fourth-order valence-corrected chi connectivity index (χ4v) is 2.98. The van der Waals surface area contributed by atoms with Gasteiger partial charge in [-0.15, -0.1) is 0 Å². The highest BCUT2D eigenvalue weighted by Crippen LogP contribution is 2.29. The summed E-state index contributed by atoms with van der Waals surface area (Å²) in [5.41, 5.74) is 3.15. The maximum absolute atomic E-state index is 12.6. The van der Waals surface area contributed by atoms with Crippen molar-refractivity contribution in [2.45, 2.75) is 12.8 Å². The lowest BCUT2D eigenvalue weighted by atomic mass is 10.0. The maximum Gasteiger partial charge on any atom is 0.250 e. The van der Waals surface area contributed by atoms with E-state index in [2.05, 4.69) is 6.07 Å². The quantitative estimate of drug-likeness (QED) is 0.805. The third-order valence-electron chi connectivity index (χ3n) is 4.20. The van der Waals surface area contributed by atoms with E-state index < -0.39 is 0 Å². The van der Waals surface area contributed by atoms with Crippen LogP contribution in [-0.2, 0) is 11.2 Å². The van der Waals surface area contributed by atoms with Crippen molar-refractivity contribution < 1.29 is 14.3 Å². The molecule has 1 amide bonds. The molecule has 2 aromatic carbocycles. The van der Waals surface area contributed by atoms with Gasteiger partial charge in [0.05, 0.1) is 14.2 Å². The molecule has 0 saturated heterocycles. The summed E-state index contributed by atoms with van der Waals surface area (Å²) in [5, 5.41) is 0. The van der Waals surface area contributed by atoms with E-state index in [1.807, 2.05) is 47.4 Å². The molecule has 0 radical (unpaired) electrons. The predicted octanol–water partition coefficient (Wildman–Crippen LogP) is 3.70. The van der Waals surface area contributed by atoms with Gasteiger partial charge in [0.1, 0.15) is 0 Å². The Morgan fingerprint density at radius 1 is 1.08 bits per heavy atom. The van der Waals surface area contributed by atoms with E-state index in [1.54, 1.807) is 20.3 Å². The molecule has 0 saturated carbocycles. The Labute approximate surface area is 142 Å². The van der Waals surface area contributed by atoms with Crippen LogP contribution in [0.15, 0.2) is 48.5 Å². The molecule has 0 N–H and O–H groups in total. The first-order valence-electron chi connectivity index (χ1n) is 8.02. The van der Waals surface area contributed by atoms with Crippen LogP contribution in [0.2, 0.25) is 0 Å². The number of hydrogen-bond acceptors (Lipinski definition) is 3. The molecule has 0 fully saturated rings. The number of ether oxygens (including phenoxy) is 2. The van der Waals surface area contributed by atoms with Gasteiger partial charge < -0.3 is 14.4 Å². The van der Waals surface area contributed by atoms with Crippen LogP contribution in [0, 0.1) is 0 Å². The van der Waals surface area contributed by atoms with E-state index >= 15 is 0 Å². The van der Waals surface area contributed by atoms with Gasteiger partial charge >= 0.3 is 0 Å². The molecule has 0 atom stereocenters. The molecule has 24 heavy (non-hydrogen) atoms. The summed E-state index contributed by atoms with van der Waals surface area (Å²) in [6, 6.07) is 13.7. The topological polar surface area (TPSA) is 38.8 Å². The zero-order valence-electron chi connectivity index (χ0n) is 14.0. The predicted molar refractivity (Wildman–Crippen MR) is 95.7 cm³/mol. The third kappa shape index (κ3) is 3.27. The van der Waals surface area contributed by atoms with Crippen LogP contribution in [0.25, 0.3) is 6.08 Å². The fraction of sp³-hybridized carbons (Fsp3) is 0.250. The van der Waals surface area contributed by atoms with Crippen molar-refractivity contribution in [3.8, 4) is 11.5 Å². The molecule has 1 heterocycles. The van der Waals surface area contributed by atoms with E-state index in [-0.39, 0.29) is 5.91 Å². The Hall–Kier alpha value is -2.75. The smallest absolute Gasteiger partial charge is 0.250 e. The van der Waals surface area contributed by atoms with Crippen molar-refractivity contribution in [3.63, 3.8) is 0 Å². The number of carbonyl (C=O) groups excluding carboxylic acids is 1. The standard InChI is InChI=1S/C20H21NO3/c1-23-18-11-9-15(14-19(18)24-2)10-12-20(22)21-13-5-7-16-6-3-4-8-17(16)21/h3-4,6,8-12,14H,5,7,13H2,1-2H3/b12-10+. The summed E-state index contributed by atoms with van der Waals surface area (Å²) < 4.78 is 10.5. The minimum Gasteiger partial charge on any atom is -0.493 e. The summed E-state index contributed by atoms with van der Waals surface area (Å²) in [6.45, 7) is 0.756. The summed E-state index contributed by atoms with van der Waals surface area (Å²) in [7, 11) is 3.20. The van der Waals surface area contributed by atoms with Crippen LogP contribution >= 0.6 is 0 Å². The molecule has 4 heteroatoms. The number of rotatable bonds is 4. The average Bonchev–Trinajstić information content (AvgIpc) is 2.65. The van der Waals surface area contributed by atoms with Crippen LogP contribution < -0.4 is 14.4 Å². The SMILES string of the molecule is COc1ccc(/C=C/C(=O)N2CCCc3ccccc32)cc1OC. The summed E-state index contributed by atoms with van der Waals surface area (Å²) in [5.74, 6) is 1.32. The van der Waals surface area contributed by atoms with Gasteiger partial charge in [-0.25, -0.2) is 0 Å². The van der Waals surface area contributed by atoms with Crippen LogP contribution in [0.4, 0.5) is 5.69 Å². The highest BCUT2D eigenvalue weighted by atomic mass is 16.5. The lowest BCUT2D eigenvalue weighted by Crippen LogP contribution is -2.34. The Bertz CT molecular complexity index is 767. The second-order valence-corrected chi connectivity index (χ2v) is 5.67. The van der Waals surface area contributed by atoms with Crippen LogP contribution in [0.5, 0.6) is 11.5 Å². The monoisotopic (exact) mass is 323 g/mol. The molecule has 0 aromatic heterocycles. The fourth-order valence-electron chi connectivity index (χ4n) is 2.98. The molecular weight excluding hydrogens is 302 g/mol. The number of carbonyl (C=O) groups is 1. The van der Waals surface area contributed by atoms with Crippen LogP contribution in [0.1, 0.15) is 17.5 Å². The van der Waals surface area contributed by atoms with E-state index in [4.69, 9.17) is 9.47 Å². The number of anilines is 1. The molecule has 124 valence electrons. The van der Waals surface area contributed by atoms with Crippen LogP contribution in [0.3, 0.4) is 0 Å². The minimum atomic E-state index is -0.00284. The number of para-hydroxylation sites is 1. The van der Waals surface area contributed by atoms with Crippen molar-refractivity contribution in [2.24, 2.45) is 0 Å².